The highest BCUT2D eigenvalue weighted by atomic mass is 16.3. The van der Waals surface area contributed by atoms with E-state index in [1.54, 1.807) is 6.07 Å². The maximum atomic E-state index is 12.0. The monoisotopic (exact) mass is 443 g/mol. The number of carbonyl (C=O) groups excluding carboxylic acids is 1. The molecule has 0 aliphatic carbocycles. The zero-order valence-corrected chi connectivity index (χ0v) is 19.5. The van der Waals surface area contributed by atoms with Crippen molar-refractivity contribution >= 4 is 11.7 Å². The molecule has 2 heterocycles. The van der Waals surface area contributed by atoms with Gasteiger partial charge in [-0.05, 0) is 66.6 Å². The molecule has 0 radical (unpaired) electrons. The number of aliphatic hydroxyl groups is 1. The van der Waals surface area contributed by atoms with E-state index in [-0.39, 0.29) is 5.41 Å². The zero-order valence-electron chi connectivity index (χ0n) is 19.5. The van der Waals surface area contributed by atoms with Gasteiger partial charge >= 0.3 is 0 Å². The van der Waals surface area contributed by atoms with Crippen LogP contribution >= 0.6 is 0 Å². The topological polar surface area (TPSA) is 79.5 Å². The van der Waals surface area contributed by atoms with Gasteiger partial charge in [0.1, 0.15) is 5.82 Å². The summed E-state index contributed by atoms with van der Waals surface area (Å²) >= 11 is 0. The highest BCUT2D eigenvalue weighted by Crippen LogP contribution is 2.42. The van der Waals surface area contributed by atoms with Gasteiger partial charge in [-0.15, -0.1) is 0 Å². The summed E-state index contributed by atoms with van der Waals surface area (Å²) in [5, 5.41) is 11.0. The van der Waals surface area contributed by atoms with Crippen molar-refractivity contribution < 1.29 is 9.90 Å². The Labute approximate surface area is 196 Å². The van der Waals surface area contributed by atoms with Crippen LogP contribution in [0.4, 0.5) is 5.82 Å². The number of amides is 1. The Morgan fingerprint density at radius 3 is 2.45 bits per heavy atom. The lowest BCUT2D eigenvalue weighted by Gasteiger charge is -2.44. The molecule has 3 aromatic rings. The first-order chi connectivity index (χ1) is 15.9. The molecule has 1 unspecified atom stereocenters. The Bertz CT molecular complexity index is 1090. The minimum Gasteiger partial charge on any atom is -0.385 e. The summed E-state index contributed by atoms with van der Waals surface area (Å²) < 4.78 is 0. The lowest BCUT2D eigenvalue weighted by atomic mass is 9.68. The van der Waals surface area contributed by atoms with Crippen molar-refractivity contribution in [3.05, 3.63) is 95.2 Å². The molecule has 1 amide bonds. The first-order valence-corrected chi connectivity index (χ1v) is 11.8. The molecule has 1 aliphatic rings. The van der Waals surface area contributed by atoms with E-state index in [0.717, 1.165) is 42.9 Å². The Morgan fingerprint density at radius 1 is 1.06 bits per heavy atom. The highest BCUT2D eigenvalue weighted by Gasteiger charge is 2.40. The molecule has 2 aromatic carbocycles. The summed E-state index contributed by atoms with van der Waals surface area (Å²) in [7, 11) is 0. The Balaban J connectivity index is 1.82. The van der Waals surface area contributed by atoms with Crippen LogP contribution in [0.3, 0.4) is 0 Å². The Hall–Kier alpha value is -3.18. The third-order valence-corrected chi connectivity index (χ3v) is 7.31. The second-order valence-electron chi connectivity index (χ2n) is 9.06. The smallest absolute Gasteiger partial charge is 0.248 e. The molecule has 5 heteroatoms. The Morgan fingerprint density at radius 2 is 1.82 bits per heavy atom. The predicted octanol–water partition coefficient (Wildman–Crippen LogP) is 4.77. The number of carbonyl (C=O) groups is 1. The molecule has 1 aromatic heterocycles. The highest BCUT2D eigenvalue weighted by molar-refractivity contribution is 5.93. The first kappa shape index (κ1) is 23.0. The molecule has 5 nitrogen and oxygen atoms in total. The number of pyridine rings is 1. The van der Waals surface area contributed by atoms with Crippen molar-refractivity contribution in [1.82, 2.24) is 4.98 Å². The van der Waals surface area contributed by atoms with Crippen molar-refractivity contribution in [2.45, 2.75) is 50.5 Å². The molecule has 3 N–H and O–H groups in total. The van der Waals surface area contributed by atoms with Crippen molar-refractivity contribution in [1.29, 1.82) is 0 Å². The molecule has 1 atom stereocenters. The van der Waals surface area contributed by atoms with Crippen LogP contribution in [-0.4, -0.2) is 29.1 Å². The average Bonchev–Trinajstić information content (AvgIpc) is 2.89. The van der Waals surface area contributed by atoms with Crippen molar-refractivity contribution in [3.63, 3.8) is 0 Å². The van der Waals surface area contributed by atoms with Gasteiger partial charge in [-0.1, -0.05) is 56.3 Å². The fourth-order valence-corrected chi connectivity index (χ4v) is 5.16. The van der Waals surface area contributed by atoms with Crippen molar-refractivity contribution in [2.75, 3.05) is 18.0 Å². The minimum atomic E-state index is -0.815. The summed E-state index contributed by atoms with van der Waals surface area (Å²) in [6.45, 7) is 5.70. The van der Waals surface area contributed by atoms with E-state index in [2.05, 4.69) is 40.2 Å². The number of benzene rings is 2. The summed E-state index contributed by atoms with van der Waals surface area (Å²) in [5.74, 6) is 0.534. The van der Waals surface area contributed by atoms with Gasteiger partial charge in [0.25, 0.3) is 0 Å². The number of hydrogen-bond donors (Lipinski definition) is 2. The lowest BCUT2D eigenvalue weighted by Crippen LogP contribution is -2.47. The number of rotatable bonds is 7. The number of nitrogens with two attached hydrogens (primary N) is 1. The maximum absolute atomic E-state index is 12.0. The number of aromatic nitrogens is 1. The second-order valence-corrected chi connectivity index (χ2v) is 9.06. The van der Waals surface area contributed by atoms with Crippen LogP contribution in [0.15, 0.2) is 72.9 Å². The van der Waals surface area contributed by atoms with Crippen LogP contribution in [0.25, 0.3) is 0 Å². The van der Waals surface area contributed by atoms with Crippen LogP contribution in [-0.2, 0) is 11.0 Å². The van der Waals surface area contributed by atoms with Gasteiger partial charge in [0, 0.05) is 30.3 Å². The summed E-state index contributed by atoms with van der Waals surface area (Å²) in [4.78, 5) is 18.9. The van der Waals surface area contributed by atoms with Crippen LogP contribution in [0.1, 0.15) is 66.6 Å². The molecule has 1 saturated heterocycles. The van der Waals surface area contributed by atoms with Gasteiger partial charge in [-0.25, -0.2) is 4.98 Å². The SMILES string of the molecule is CCC(O)(CC)c1ccc(C2(c3cccc(C(N)=O)c3)CCCN(c3ccccn3)C2)cc1. The van der Waals surface area contributed by atoms with Crippen LogP contribution in [0.5, 0.6) is 0 Å². The van der Waals surface area contributed by atoms with Crippen LogP contribution in [0.2, 0.25) is 0 Å². The normalized spacial score (nSPS) is 18.8. The standard InChI is InChI=1S/C28H33N3O2/c1-3-28(33,4-2)23-14-12-22(13-15-23)27(24-10-7-9-21(19-24)26(29)32)16-8-18-31(20-27)25-11-5-6-17-30-25/h5-7,9-15,17,19,33H,3-4,8,16,18,20H2,1-2H3,(H2,29,32). The molecule has 1 aliphatic heterocycles. The minimum absolute atomic E-state index is 0.323. The zero-order chi connectivity index (χ0) is 23.5. The third-order valence-electron chi connectivity index (χ3n) is 7.31. The summed E-state index contributed by atoms with van der Waals surface area (Å²) in [6, 6.07) is 22.1. The molecule has 0 saturated carbocycles. The number of hydrogen-bond acceptors (Lipinski definition) is 4. The summed E-state index contributed by atoms with van der Waals surface area (Å²) in [6.07, 6.45) is 5.10. The van der Waals surface area contributed by atoms with Gasteiger partial charge < -0.3 is 15.7 Å². The molecule has 1 fully saturated rings. The van der Waals surface area contributed by atoms with Crippen molar-refractivity contribution in [3.8, 4) is 0 Å². The van der Waals surface area contributed by atoms with Crippen molar-refractivity contribution in [2.24, 2.45) is 5.73 Å². The van der Waals surface area contributed by atoms with Gasteiger partial charge in [-0.2, -0.15) is 0 Å². The fourth-order valence-electron chi connectivity index (χ4n) is 5.16. The summed E-state index contributed by atoms with van der Waals surface area (Å²) in [5.41, 5.74) is 8.19. The molecule has 0 bridgehead atoms. The van der Waals surface area contributed by atoms with Crippen LogP contribution < -0.4 is 10.6 Å². The molecule has 0 spiro atoms. The lowest BCUT2D eigenvalue weighted by molar-refractivity contribution is 0.0283. The van der Waals surface area contributed by atoms with Crippen LogP contribution in [0, 0.1) is 0 Å². The molecular formula is C28H33N3O2. The average molecular weight is 444 g/mol. The second kappa shape index (κ2) is 9.36. The number of nitrogens with zero attached hydrogens (tertiary/aromatic N) is 2. The number of piperidine rings is 1. The number of primary amides is 1. The van der Waals surface area contributed by atoms with Gasteiger partial charge in [0.05, 0.1) is 5.60 Å². The van der Waals surface area contributed by atoms with E-state index in [1.807, 2.05) is 50.4 Å². The van der Waals surface area contributed by atoms with E-state index < -0.39 is 11.5 Å². The van der Waals surface area contributed by atoms with E-state index in [0.29, 0.717) is 18.4 Å². The van der Waals surface area contributed by atoms with E-state index in [1.165, 1.54) is 5.56 Å². The van der Waals surface area contributed by atoms with E-state index >= 15 is 0 Å². The number of anilines is 1. The fraction of sp³-hybridized carbons (Fsp3) is 0.357. The molecule has 4 rings (SSSR count). The largest absolute Gasteiger partial charge is 0.385 e. The quantitative estimate of drug-likeness (QED) is 0.551. The Kier molecular flexibility index (Phi) is 6.52. The van der Waals surface area contributed by atoms with Gasteiger partial charge in [-0.3, -0.25) is 4.79 Å². The molecular weight excluding hydrogens is 410 g/mol. The maximum Gasteiger partial charge on any atom is 0.248 e. The first-order valence-electron chi connectivity index (χ1n) is 11.8. The van der Waals surface area contributed by atoms with Gasteiger partial charge in [0.2, 0.25) is 5.91 Å². The van der Waals surface area contributed by atoms with E-state index in [9.17, 15) is 9.90 Å². The van der Waals surface area contributed by atoms with Gasteiger partial charge in [0.15, 0.2) is 0 Å². The molecule has 33 heavy (non-hydrogen) atoms. The van der Waals surface area contributed by atoms with E-state index in [4.69, 9.17) is 5.73 Å². The third kappa shape index (κ3) is 4.38. The molecule has 172 valence electrons. The predicted molar refractivity (Wildman–Crippen MR) is 132 cm³/mol.